The monoisotopic (exact) mass is 209 g/mol. The second-order valence-corrected chi connectivity index (χ2v) is 3.08. The van der Waals surface area contributed by atoms with E-state index in [2.05, 4.69) is 14.8 Å². The average molecular weight is 209 g/mol. The molecule has 0 saturated heterocycles. The maximum absolute atomic E-state index is 5.40. The van der Waals surface area contributed by atoms with Gasteiger partial charge in [0.05, 0.1) is 7.11 Å². The zero-order valence-corrected chi connectivity index (χ0v) is 8.19. The van der Waals surface area contributed by atoms with Crippen LogP contribution in [0.5, 0.6) is 16.7 Å². The van der Waals surface area contributed by atoms with Gasteiger partial charge >= 0.3 is 5.19 Å². The highest BCUT2D eigenvalue weighted by Gasteiger charge is 2.06. The van der Waals surface area contributed by atoms with Crippen LogP contribution in [0.15, 0.2) is 24.3 Å². The molecule has 1 aromatic carbocycles. The van der Waals surface area contributed by atoms with Gasteiger partial charge in [0.15, 0.2) is 11.5 Å². The van der Waals surface area contributed by atoms with Crippen LogP contribution in [0, 0.1) is 0 Å². The van der Waals surface area contributed by atoms with Crippen LogP contribution < -0.4 is 9.47 Å². The molecule has 0 aliphatic heterocycles. The summed E-state index contributed by atoms with van der Waals surface area (Å²) in [5.41, 5.74) is 0. The van der Waals surface area contributed by atoms with Crippen molar-refractivity contribution in [2.45, 2.75) is 0 Å². The van der Waals surface area contributed by atoms with E-state index in [1.54, 1.807) is 13.2 Å². The van der Waals surface area contributed by atoms with E-state index in [0.29, 0.717) is 16.7 Å². The Morgan fingerprint density at radius 1 is 1.21 bits per heavy atom. The number of hydrogen-bond acceptors (Lipinski definition) is 6. The average Bonchev–Trinajstić information content (AvgIpc) is 2.71. The maximum atomic E-state index is 5.40. The molecule has 0 saturated carbocycles. The molecule has 0 aliphatic carbocycles. The summed E-state index contributed by atoms with van der Waals surface area (Å²) in [5.74, 6) is 1.26. The first-order valence-electron chi connectivity index (χ1n) is 3.86. The standard InChI is InChI=1S/C8H7N3O2S/c1-12-6-4-2-3-5-7(6)13-8-9-10-11-14-8/h2-5H,1H3. The van der Waals surface area contributed by atoms with E-state index < -0.39 is 0 Å². The second-order valence-electron chi connectivity index (χ2n) is 2.38. The van der Waals surface area contributed by atoms with Gasteiger partial charge in [0.25, 0.3) is 0 Å². The maximum Gasteiger partial charge on any atom is 0.319 e. The van der Waals surface area contributed by atoms with Gasteiger partial charge in [-0.15, -0.1) is 0 Å². The molecular weight excluding hydrogens is 202 g/mol. The van der Waals surface area contributed by atoms with E-state index in [1.165, 1.54) is 0 Å². The number of hydrogen-bond donors (Lipinski definition) is 0. The Balaban J connectivity index is 2.24. The number of rotatable bonds is 3. The van der Waals surface area contributed by atoms with Crippen molar-refractivity contribution in [2.75, 3.05) is 7.11 Å². The summed E-state index contributed by atoms with van der Waals surface area (Å²) in [6.45, 7) is 0. The molecule has 0 amide bonds. The van der Waals surface area contributed by atoms with E-state index in [1.807, 2.05) is 18.2 Å². The first-order valence-corrected chi connectivity index (χ1v) is 4.63. The Hall–Kier alpha value is -1.69. The molecule has 1 heterocycles. The van der Waals surface area contributed by atoms with Gasteiger partial charge in [-0.05, 0) is 17.3 Å². The zero-order chi connectivity index (χ0) is 9.80. The van der Waals surface area contributed by atoms with Crippen molar-refractivity contribution in [1.82, 2.24) is 14.8 Å². The molecule has 5 nitrogen and oxygen atoms in total. The number of para-hydroxylation sites is 2. The molecule has 0 radical (unpaired) electrons. The van der Waals surface area contributed by atoms with Crippen molar-refractivity contribution in [3.8, 4) is 16.7 Å². The van der Waals surface area contributed by atoms with Crippen LogP contribution in [0.3, 0.4) is 0 Å². The number of benzene rings is 1. The van der Waals surface area contributed by atoms with Crippen LogP contribution in [0.2, 0.25) is 0 Å². The summed E-state index contributed by atoms with van der Waals surface area (Å²) in [7, 11) is 1.58. The van der Waals surface area contributed by atoms with Crippen LogP contribution in [0.25, 0.3) is 0 Å². The van der Waals surface area contributed by atoms with Crippen molar-refractivity contribution >= 4 is 11.5 Å². The van der Waals surface area contributed by atoms with E-state index >= 15 is 0 Å². The molecule has 0 bridgehead atoms. The summed E-state index contributed by atoms with van der Waals surface area (Å²) in [6.07, 6.45) is 0. The summed E-state index contributed by atoms with van der Waals surface area (Å²) in [5, 5.41) is 7.49. The highest BCUT2D eigenvalue weighted by molar-refractivity contribution is 7.07. The minimum Gasteiger partial charge on any atom is -0.493 e. The molecule has 2 rings (SSSR count). The highest BCUT2D eigenvalue weighted by atomic mass is 32.1. The fraction of sp³-hybridized carbons (Fsp3) is 0.125. The van der Waals surface area contributed by atoms with E-state index in [0.717, 1.165) is 11.5 Å². The van der Waals surface area contributed by atoms with Crippen molar-refractivity contribution in [3.05, 3.63) is 24.3 Å². The van der Waals surface area contributed by atoms with Crippen molar-refractivity contribution in [2.24, 2.45) is 0 Å². The normalized spacial score (nSPS) is 9.79. The quantitative estimate of drug-likeness (QED) is 0.770. The Bertz CT molecular complexity index is 405. The Kier molecular flexibility index (Phi) is 2.55. The summed E-state index contributed by atoms with van der Waals surface area (Å²) < 4.78 is 14.1. The molecule has 0 atom stereocenters. The summed E-state index contributed by atoms with van der Waals surface area (Å²) in [6, 6.07) is 7.32. The predicted molar refractivity (Wildman–Crippen MR) is 50.8 cm³/mol. The van der Waals surface area contributed by atoms with Crippen LogP contribution in [0.1, 0.15) is 0 Å². The lowest BCUT2D eigenvalue weighted by atomic mass is 10.3. The Morgan fingerprint density at radius 3 is 2.64 bits per heavy atom. The van der Waals surface area contributed by atoms with E-state index in [4.69, 9.17) is 9.47 Å². The Morgan fingerprint density at radius 2 is 2.00 bits per heavy atom. The third-order valence-electron chi connectivity index (χ3n) is 1.55. The number of ether oxygens (including phenoxy) is 2. The second kappa shape index (κ2) is 4.01. The lowest BCUT2D eigenvalue weighted by Crippen LogP contribution is -1.89. The zero-order valence-electron chi connectivity index (χ0n) is 7.38. The summed E-state index contributed by atoms with van der Waals surface area (Å²) >= 11 is 1.09. The van der Waals surface area contributed by atoms with Crippen LogP contribution in [0.4, 0.5) is 0 Å². The van der Waals surface area contributed by atoms with Gasteiger partial charge in [-0.3, -0.25) is 0 Å². The van der Waals surface area contributed by atoms with Gasteiger partial charge in [-0.1, -0.05) is 21.7 Å². The summed E-state index contributed by atoms with van der Waals surface area (Å²) in [4.78, 5) is 0. The molecule has 72 valence electrons. The molecular formula is C8H7N3O2S. The fourth-order valence-electron chi connectivity index (χ4n) is 0.962. The lowest BCUT2D eigenvalue weighted by Gasteiger charge is -2.05. The first-order chi connectivity index (χ1) is 6.90. The topological polar surface area (TPSA) is 57.1 Å². The number of aromatic nitrogens is 3. The van der Waals surface area contributed by atoms with Crippen LogP contribution in [-0.4, -0.2) is 21.9 Å². The predicted octanol–water partition coefficient (Wildman–Crippen LogP) is 1.73. The van der Waals surface area contributed by atoms with Gasteiger partial charge in [0.2, 0.25) is 0 Å². The smallest absolute Gasteiger partial charge is 0.319 e. The van der Waals surface area contributed by atoms with Gasteiger partial charge in [-0.25, -0.2) is 0 Å². The largest absolute Gasteiger partial charge is 0.493 e. The van der Waals surface area contributed by atoms with E-state index in [9.17, 15) is 0 Å². The molecule has 0 spiro atoms. The SMILES string of the molecule is COc1ccccc1Oc1nnns1. The number of methoxy groups -OCH3 is 1. The van der Waals surface area contributed by atoms with Gasteiger partial charge < -0.3 is 9.47 Å². The van der Waals surface area contributed by atoms with Gasteiger partial charge in [-0.2, -0.15) is 0 Å². The molecule has 6 heteroatoms. The molecule has 0 unspecified atom stereocenters. The molecule has 2 aromatic rings. The Labute approximate surface area is 84.5 Å². The molecule has 0 aliphatic rings. The third-order valence-corrected chi connectivity index (χ3v) is 2.02. The van der Waals surface area contributed by atoms with Gasteiger partial charge in [0.1, 0.15) is 0 Å². The minimum atomic E-state index is 0.398. The van der Waals surface area contributed by atoms with Crippen molar-refractivity contribution in [3.63, 3.8) is 0 Å². The minimum absolute atomic E-state index is 0.398. The van der Waals surface area contributed by atoms with Crippen LogP contribution >= 0.6 is 11.5 Å². The van der Waals surface area contributed by atoms with Crippen molar-refractivity contribution < 1.29 is 9.47 Å². The molecule has 1 aromatic heterocycles. The van der Waals surface area contributed by atoms with Crippen LogP contribution in [-0.2, 0) is 0 Å². The molecule has 0 fully saturated rings. The first kappa shape index (κ1) is 8.89. The van der Waals surface area contributed by atoms with Gasteiger partial charge in [0, 0.05) is 11.5 Å². The highest BCUT2D eigenvalue weighted by Crippen LogP contribution is 2.30. The molecule has 14 heavy (non-hydrogen) atoms. The van der Waals surface area contributed by atoms with E-state index in [-0.39, 0.29) is 0 Å². The fourth-order valence-corrected chi connectivity index (χ4v) is 1.31. The number of nitrogens with zero attached hydrogens (tertiary/aromatic N) is 3. The molecule has 0 N–H and O–H groups in total. The lowest BCUT2D eigenvalue weighted by molar-refractivity contribution is 0.377. The van der Waals surface area contributed by atoms with Crippen molar-refractivity contribution in [1.29, 1.82) is 0 Å². The third kappa shape index (κ3) is 1.80.